The van der Waals surface area contributed by atoms with E-state index in [1.165, 1.54) is 6.07 Å². The van der Waals surface area contributed by atoms with Gasteiger partial charge in [-0.25, -0.2) is 9.78 Å². The molecule has 0 amide bonds. The van der Waals surface area contributed by atoms with E-state index in [0.29, 0.717) is 22.8 Å². The van der Waals surface area contributed by atoms with Crippen molar-refractivity contribution >= 4 is 23.4 Å². The number of ether oxygens (including phenoxy) is 3. The molecule has 0 unspecified atom stereocenters. The van der Waals surface area contributed by atoms with Crippen LogP contribution in [0, 0.1) is 0 Å². The molecule has 0 aliphatic carbocycles. The van der Waals surface area contributed by atoms with Gasteiger partial charge in [0.25, 0.3) is 0 Å². The third-order valence-corrected chi connectivity index (χ3v) is 3.19. The molecule has 1 aliphatic rings. The molecule has 0 bridgehead atoms. The Morgan fingerprint density at radius 1 is 1.33 bits per heavy atom. The molecule has 3 N–H and O–H groups in total. The highest BCUT2D eigenvalue weighted by molar-refractivity contribution is 6.34. The number of carboxylic acid groups (broad SMARTS) is 1. The second-order valence-corrected chi connectivity index (χ2v) is 4.53. The van der Waals surface area contributed by atoms with Gasteiger partial charge in [-0.05, 0) is 24.3 Å². The molecule has 0 radical (unpaired) electrons. The van der Waals surface area contributed by atoms with Crippen LogP contribution in [-0.4, -0.2) is 23.0 Å². The number of benzene rings is 1. The number of halogens is 1. The maximum Gasteiger partial charge on any atom is 0.512 e. The highest BCUT2D eigenvalue weighted by Crippen LogP contribution is 2.38. The van der Waals surface area contributed by atoms with E-state index < -0.39 is 6.16 Å². The average molecular weight is 309 g/mol. The van der Waals surface area contributed by atoms with Gasteiger partial charge in [0.2, 0.25) is 12.7 Å². The van der Waals surface area contributed by atoms with Crippen molar-refractivity contribution in [2.24, 2.45) is 0 Å². The molecule has 3 rings (SSSR count). The number of nitrogens with two attached hydrogens (primary N) is 1. The van der Waals surface area contributed by atoms with Gasteiger partial charge in [0.1, 0.15) is 5.02 Å². The lowest BCUT2D eigenvalue weighted by Crippen LogP contribution is -2.06. The Morgan fingerprint density at radius 2 is 2.10 bits per heavy atom. The van der Waals surface area contributed by atoms with Crippen LogP contribution in [0.4, 0.5) is 10.5 Å². The summed E-state index contributed by atoms with van der Waals surface area (Å²) >= 11 is 5.87. The summed E-state index contributed by atoms with van der Waals surface area (Å²) < 4.78 is 15.0. The standard InChI is InChI=1S/C13H9ClN2O5/c14-11-7(15)4-8(16-12(11)21-13(17)18)6-1-2-9-10(3-6)20-5-19-9/h1-4H,5H2,(H2,15,16)(H,17,18). The number of pyridine rings is 1. The first-order valence-electron chi connectivity index (χ1n) is 5.81. The number of fused-ring (bicyclic) bond motifs is 1. The molecule has 2 heterocycles. The number of aromatic nitrogens is 1. The molecule has 21 heavy (non-hydrogen) atoms. The van der Waals surface area contributed by atoms with E-state index in [1.54, 1.807) is 18.2 Å². The lowest BCUT2D eigenvalue weighted by Gasteiger charge is -2.08. The quantitative estimate of drug-likeness (QED) is 0.822. The smallest absolute Gasteiger partial charge is 0.454 e. The van der Waals surface area contributed by atoms with Crippen molar-refractivity contribution in [1.82, 2.24) is 4.98 Å². The molecule has 1 aromatic heterocycles. The summed E-state index contributed by atoms with van der Waals surface area (Å²) in [5.41, 5.74) is 6.98. The first-order valence-corrected chi connectivity index (χ1v) is 6.19. The fraction of sp³-hybridized carbons (Fsp3) is 0.0769. The Hall–Kier alpha value is -2.67. The van der Waals surface area contributed by atoms with Crippen LogP contribution in [0.2, 0.25) is 5.02 Å². The molecule has 2 aromatic rings. The van der Waals surface area contributed by atoms with Crippen molar-refractivity contribution in [3.8, 4) is 28.6 Å². The summed E-state index contributed by atoms with van der Waals surface area (Å²) in [6.45, 7) is 0.155. The maximum absolute atomic E-state index is 10.6. The van der Waals surface area contributed by atoms with Crippen molar-refractivity contribution in [3.05, 3.63) is 29.3 Å². The minimum Gasteiger partial charge on any atom is -0.454 e. The van der Waals surface area contributed by atoms with Gasteiger partial charge >= 0.3 is 6.16 Å². The van der Waals surface area contributed by atoms with Crippen molar-refractivity contribution in [3.63, 3.8) is 0 Å². The van der Waals surface area contributed by atoms with E-state index in [2.05, 4.69) is 9.72 Å². The molecular weight excluding hydrogens is 300 g/mol. The third-order valence-electron chi connectivity index (χ3n) is 2.81. The van der Waals surface area contributed by atoms with Gasteiger partial charge in [-0.3, -0.25) is 0 Å². The van der Waals surface area contributed by atoms with E-state index in [4.69, 9.17) is 31.9 Å². The van der Waals surface area contributed by atoms with Crippen LogP contribution in [0.3, 0.4) is 0 Å². The molecule has 0 fully saturated rings. The fourth-order valence-electron chi connectivity index (χ4n) is 1.88. The van der Waals surface area contributed by atoms with Crippen LogP contribution < -0.4 is 19.9 Å². The van der Waals surface area contributed by atoms with Crippen LogP contribution >= 0.6 is 11.6 Å². The number of nitrogen functional groups attached to an aromatic ring is 1. The normalized spacial score (nSPS) is 12.2. The lowest BCUT2D eigenvalue weighted by molar-refractivity contribution is 0.142. The number of rotatable bonds is 2. The number of hydrogen-bond acceptors (Lipinski definition) is 6. The molecule has 7 nitrogen and oxygen atoms in total. The number of carbonyl (C=O) groups is 1. The lowest BCUT2D eigenvalue weighted by atomic mass is 10.1. The van der Waals surface area contributed by atoms with Crippen molar-refractivity contribution in [1.29, 1.82) is 0 Å². The molecule has 8 heteroatoms. The van der Waals surface area contributed by atoms with E-state index >= 15 is 0 Å². The van der Waals surface area contributed by atoms with Gasteiger partial charge in [-0.2, -0.15) is 0 Å². The monoisotopic (exact) mass is 308 g/mol. The van der Waals surface area contributed by atoms with Crippen molar-refractivity contribution in [2.45, 2.75) is 0 Å². The largest absolute Gasteiger partial charge is 0.512 e. The second kappa shape index (κ2) is 5.02. The molecule has 0 spiro atoms. The zero-order valence-corrected chi connectivity index (χ0v) is 11.3. The molecule has 1 aliphatic heterocycles. The predicted octanol–water partition coefficient (Wildman–Crippen LogP) is 2.77. The highest BCUT2D eigenvalue weighted by Gasteiger charge is 2.17. The van der Waals surface area contributed by atoms with Crippen LogP contribution in [-0.2, 0) is 0 Å². The summed E-state index contributed by atoms with van der Waals surface area (Å²) in [5, 5.41) is 8.62. The third kappa shape index (κ3) is 2.50. The van der Waals surface area contributed by atoms with Crippen LogP contribution in [0.1, 0.15) is 0 Å². The Balaban J connectivity index is 2.06. The second-order valence-electron chi connectivity index (χ2n) is 4.15. The molecule has 0 saturated carbocycles. The van der Waals surface area contributed by atoms with Gasteiger partial charge in [0.05, 0.1) is 11.4 Å². The zero-order valence-electron chi connectivity index (χ0n) is 10.5. The van der Waals surface area contributed by atoms with Crippen LogP contribution in [0.5, 0.6) is 17.4 Å². The number of hydrogen-bond donors (Lipinski definition) is 2. The van der Waals surface area contributed by atoms with E-state index in [9.17, 15) is 4.79 Å². The highest BCUT2D eigenvalue weighted by atomic mass is 35.5. The Morgan fingerprint density at radius 3 is 2.86 bits per heavy atom. The van der Waals surface area contributed by atoms with E-state index in [1.807, 2.05) is 0 Å². The van der Waals surface area contributed by atoms with Gasteiger partial charge in [0, 0.05) is 5.56 Å². The van der Waals surface area contributed by atoms with Gasteiger partial charge in [0.15, 0.2) is 11.5 Å². The minimum absolute atomic E-state index is 0.0538. The summed E-state index contributed by atoms with van der Waals surface area (Å²) in [7, 11) is 0. The molecule has 0 saturated heterocycles. The zero-order chi connectivity index (χ0) is 15.0. The first-order chi connectivity index (χ1) is 10.0. The minimum atomic E-state index is -1.52. The topological polar surface area (TPSA) is 104 Å². The van der Waals surface area contributed by atoms with Gasteiger partial charge in [-0.1, -0.05) is 11.6 Å². The number of anilines is 1. The predicted molar refractivity (Wildman–Crippen MR) is 73.9 cm³/mol. The molecule has 0 atom stereocenters. The summed E-state index contributed by atoms with van der Waals surface area (Å²) in [4.78, 5) is 14.7. The molecule has 108 valence electrons. The van der Waals surface area contributed by atoms with E-state index in [0.717, 1.165) is 0 Å². The molecular formula is C13H9ClN2O5. The summed E-state index contributed by atoms with van der Waals surface area (Å²) in [6.07, 6.45) is -1.52. The molecule has 1 aromatic carbocycles. The Kier molecular flexibility index (Phi) is 3.19. The van der Waals surface area contributed by atoms with Gasteiger partial charge < -0.3 is 25.1 Å². The average Bonchev–Trinajstić information content (AvgIpc) is 2.90. The van der Waals surface area contributed by atoms with Crippen LogP contribution in [0.25, 0.3) is 11.3 Å². The van der Waals surface area contributed by atoms with Gasteiger partial charge in [-0.15, -0.1) is 0 Å². The van der Waals surface area contributed by atoms with Crippen molar-refractivity contribution < 1.29 is 24.1 Å². The summed E-state index contributed by atoms with van der Waals surface area (Å²) in [5.74, 6) is 0.933. The van der Waals surface area contributed by atoms with Crippen molar-refractivity contribution in [2.75, 3.05) is 12.5 Å². The fourth-order valence-corrected chi connectivity index (χ4v) is 2.01. The van der Waals surface area contributed by atoms with E-state index in [-0.39, 0.29) is 23.4 Å². The summed E-state index contributed by atoms with van der Waals surface area (Å²) in [6, 6.07) is 6.70. The first kappa shape index (κ1) is 13.3. The Labute approximate surface area is 123 Å². The maximum atomic E-state index is 10.6. The SMILES string of the molecule is Nc1cc(-c2ccc3c(c2)OCO3)nc(OC(=O)O)c1Cl. The number of nitrogens with zero attached hydrogens (tertiary/aromatic N) is 1. The Bertz CT molecular complexity index is 735. The van der Waals surface area contributed by atoms with Crippen LogP contribution in [0.15, 0.2) is 24.3 Å².